The molecule has 0 aliphatic rings. The van der Waals surface area contributed by atoms with Gasteiger partial charge in [0, 0.05) is 5.57 Å². The average Bonchev–Trinajstić information content (AvgIpc) is 2.38. The van der Waals surface area contributed by atoms with Gasteiger partial charge in [0.1, 0.15) is 0 Å². The van der Waals surface area contributed by atoms with Gasteiger partial charge in [-0.1, -0.05) is 66.6 Å². The minimum absolute atomic E-state index is 0.909. The third-order valence-electron chi connectivity index (χ3n) is 2.35. The normalized spacial score (nSPS) is 10.8. The predicted octanol–water partition coefficient (Wildman–Crippen LogP) is 3.86. The van der Waals surface area contributed by atoms with Crippen molar-refractivity contribution in [3.05, 3.63) is 71.8 Å². The van der Waals surface area contributed by atoms with E-state index in [9.17, 15) is 0 Å². The first-order valence-corrected chi connectivity index (χ1v) is 5.19. The molecule has 0 amide bonds. The fraction of sp³-hybridized carbons (Fsp3) is 0. The second-order valence-corrected chi connectivity index (χ2v) is 3.48. The summed E-state index contributed by atoms with van der Waals surface area (Å²) < 4.78 is 0. The Hall–Kier alpha value is -2.26. The van der Waals surface area contributed by atoms with Gasteiger partial charge >= 0.3 is 0 Å². The van der Waals surface area contributed by atoms with Crippen molar-refractivity contribution in [2.45, 2.75) is 0 Å². The highest BCUT2D eigenvalue weighted by molar-refractivity contribution is 5.90. The van der Waals surface area contributed by atoms with E-state index < -0.39 is 0 Å². The smallest absolute Gasteiger partial charge is 0.0320 e. The fourth-order valence-corrected chi connectivity index (χ4v) is 1.54. The van der Waals surface area contributed by atoms with E-state index in [1.54, 1.807) is 0 Å². The van der Waals surface area contributed by atoms with E-state index >= 15 is 0 Å². The van der Waals surface area contributed by atoms with Gasteiger partial charge < -0.3 is 0 Å². The third kappa shape index (κ3) is 2.40. The summed E-state index contributed by atoms with van der Waals surface area (Å²) in [7, 11) is 0. The van der Waals surface area contributed by atoms with Crippen molar-refractivity contribution in [3.8, 4) is 12.3 Å². The van der Waals surface area contributed by atoms with Crippen LogP contribution in [0.25, 0.3) is 11.6 Å². The monoisotopic (exact) mass is 204 g/mol. The van der Waals surface area contributed by atoms with Gasteiger partial charge in [-0.15, -0.1) is 6.42 Å². The molecule has 0 bridgehead atoms. The van der Waals surface area contributed by atoms with Crippen LogP contribution in [0.1, 0.15) is 11.1 Å². The Morgan fingerprint density at radius 1 is 0.875 bits per heavy atom. The third-order valence-corrected chi connectivity index (χ3v) is 2.35. The zero-order chi connectivity index (χ0) is 11.2. The molecule has 0 nitrogen and oxygen atoms in total. The van der Waals surface area contributed by atoms with Crippen LogP contribution in [-0.2, 0) is 0 Å². The predicted molar refractivity (Wildman–Crippen MR) is 69.6 cm³/mol. The second kappa shape index (κ2) is 5.00. The van der Waals surface area contributed by atoms with Gasteiger partial charge in [0.25, 0.3) is 0 Å². The Balaban J connectivity index is 2.39. The maximum atomic E-state index is 5.53. The van der Waals surface area contributed by atoms with Gasteiger partial charge in [-0.2, -0.15) is 0 Å². The van der Waals surface area contributed by atoms with Crippen molar-refractivity contribution in [1.82, 2.24) is 0 Å². The molecule has 0 fully saturated rings. The van der Waals surface area contributed by atoms with Crippen molar-refractivity contribution < 1.29 is 0 Å². The van der Waals surface area contributed by atoms with Crippen molar-refractivity contribution >= 4 is 11.6 Å². The number of hydrogen-bond donors (Lipinski definition) is 0. The number of rotatable bonds is 2. The molecule has 0 radical (unpaired) electrons. The molecule has 0 aromatic heterocycles. The first-order chi connectivity index (χ1) is 7.90. The van der Waals surface area contributed by atoms with Crippen LogP contribution in [-0.4, -0.2) is 0 Å². The molecule has 0 aliphatic heterocycles. The van der Waals surface area contributed by atoms with Gasteiger partial charge in [0.2, 0.25) is 0 Å². The summed E-state index contributed by atoms with van der Waals surface area (Å²) in [6, 6.07) is 20.1. The minimum atomic E-state index is 0.909. The van der Waals surface area contributed by atoms with Crippen LogP contribution in [0.5, 0.6) is 0 Å². The molecule has 0 atom stereocenters. The summed E-state index contributed by atoms with van der Waals surface area (Å²) in [5, 5.41) is 0. The maximum absolute atomic E-state index is 5.53. The molecule has 76 valence electrons. The van der Waals surface area contributed by atoms with Crippen LogP contribution in [0.3, 0.4) is 0 Å². The highest BCUT2D eigenvalue weighted by Crippen LogP contribution is 2.16. The van der Waals surface area contributed by atoms with E-state index in [-0.39, 0.29) is 0 Å². The maximum Gasteiger partial charge on any atom is 0.0320 e. The van der Waals surface area contributed by atoms with E-state index in [4.69, 9.17) is 6.42 Å². The number of terminal acetylenes is 1. The highest BCUT2D eigenvalue weighted by Gasteiger charge is 1.96. The lowest BCUT2D eigenvalue weighted by Crippen LogP contribution is -1.80. The number of hydrogen-bond acceptors (Lipinski definition) is 0. The van der Waals surface area contributed by atoms with Gasteiger partial charge in [-0.3, -0.25) is 0 Å². The van der Waals surface area contributed by atoms with Gasteiger partial charge in [0.15, 0.2) is 0 Å². The highest BCUT2D eigenvalue weighted by atomic mass is 14.0. The lowest BCUT2D eigenvalue weighted by atomic mass is 10.0. The first kappa shape index (κ1) is 10.3. The molecular weight excluding hydrogens is 192 g/mol. The van der Waals surface area contributed by atoms with Crippen molar-refractivity contribution in [1.29, 1.82) is 0 Å². The minimum Gasteiger partial charge on any atom is -0.115 e. The Bertz CT molecular complexity index is 513. The van der Waals surface area contributed by atoms with Crippen molar-refractivity contribution in [2.24, 2.45) is 0 Å². The molecule has 0 aliphatic carbocycles. The zero-order valence-corrected chi connectivity index (χ0v) is 8.93. The molecular formula is C16H12. The van der Waals surface area contributed by atoms with Crippen molar-refractivity contribution in [2.75, 3.05) is 0 Å². The first-order valence-electron chi connectivity index (χ1n) is 5.19. The zero-order valence-electron chi connectivity index (χ0n) is 8.93. The van der Waals surface area contributed by atoms with E-state index in [1.807, 2.05) is 66.7 Å². The SMILES string of the molecule is C#CC(=Cc1ccccc1)c1ccccc1. The van der Waals surface area contributed by atoms with Crippen LogP contribution in [0.2, 0.25) is 0 Å². The molecule has 2 aromatic rings. The van der Waals surface area contributed by atoms with Crippen LogP contribution >= 0.6 is 0 Å². The van der Waals surface area contributed by atoms with Crippen LogP contribution in [0, 0.1) is 12.3 Å². The standard InChI is InChI=1S/C16H12/c1-2-15(16-11-7-4-8-12-16)13-14-9-5-3-6-10-14/h1,3-13H. The van der Waals surface area contributed by atoms with Gasteiger partial charge in [-0.25, -0.2) is 0 Å². The quantitative estimate of drug-likeness (QED) is 0.514. The topological polar surface area (TPSA) is 0 Å². The molecule has 2 rings (SSSR count). The average molecular weight is 204 g/mol. The Morgan fingerprint density at radius 2 is 1.44 bits per heavy atom. The molecule has 16 heavy (non-hydrogen) atoms. The summed E-state index contributed by atoms with van der Waals surface area (Å²) in [5.74, 6) is 2.73. The summed E-state index contributed by atoms with van der Waals surface area (Å²) >= 11 is 0. The van der Waals surface area contributed by atoms with Gasteiger partial charge in [-0.05, 0) is 17.2 Å². The van der Waals surface area contributed by atoms with E-state index in [1.165, 1.54) is 0 Å². The van der Waals surface area contributed by atoms with Crippen LogP contribution in [0.15, 0.2) is 60.7 Å². The van der Waals surface area contributed by atoms with E-state index in [0.717, 1.165) is 16.7 Å². The van der Waals surface area contributed by atoms with Gasteiger partial charge in [0.05, 0.1) is 0 Å². The number of allylic oxidation sites excluding steroid dienone is 1. The van der Waals surface area contributed by atoms with Crippen LogP contribution < -0.4 is 0 Å². The summed E-state index contributed by atoms with van der Waals surface area (Å²) in [6.07, 6.45) is 7.56. The number of benzene rings is 2. The second-order valence-electron chi connectivity index (χ2n) is 3.48. The molecule has 0 heteroatoms. The molecule has 0 saturated heterocycles. The Labute approximate surface area is 96.3 Å². The van der Waals surface area contributed by atoms with Crippen LogP contribution in [0.4, 0.5) is 0 Å². The fourth-order valence-electron chi connectivity index (χ4n) is 1.54. The molecule has 0 heterocycles. The Kier molecular flexibility index (Phi) is 3.21. The van der Waals surface area contributed by atoms with E-state index in [2.05, 4.69) is 5.92 Å². The molecule has 0 spiro atoms. The van der Waals surface area contributed by atoms with E-state index in [0.29, 0.717) is 0 Å². The summed E-state index contributed by atoms with van der Waals surface area (Å²) in [5.41, 5.74) is 3.11. The molecule has 0 unspecified atom stereocenters. The largest absolute Gasteiger partial charge is 0.115 e. The summed E-state index contributed by atoms with van der Waals surface area (Å²) in [6.45, 7) is 0. The van der Waals surface area contributed by atoms with Crippen molar-refractivity contribution in [3.63, 3.8) is 0 Å². The lowest BCUT2D eigenvalue weighted by molar-refractivity contribution is 1.62. The molecule has 0 saturated carbocycles. The Morgan fingerprint density at radius 3 is 2.00 bits per heavy atom. The lowest BCUT2D eigenvalue weighted by Gasteiger charge is -2.00. The molecule has 2 aromatic carbocycles. The molecule has 0 N–H and O–H groups in total. The summed E-state index contributed by atoms with van der Waals surface area (Å²) in [4.78, 5) is 0.